The van der Waals surface area contributed by atoms with Gasteiger partial charge in [0, 0.05) is 18.4 Å². The van der Waals surface area contributed by atoms with Gasteiger partial charge in [-0.05, 0) is 43.7 Å². The summed E-state index contributed by atoms with van der Waals surface area (Å²) in [4.78, 5) is 12.6. The van der Waals surface area contributed by atoms with Gasteiger partial charge in [-0.15, -0.1) is 10.2 Å². The summed E-state index contributed by atoms with van der Waals surface area (Å²) in [6.45, 7) is 3.60. The van der Waals surface area contributed by atoms with Gasteiger partial charge in [-0.3, -0.25) is 9.36 Å². The summed E-state index contributed by atoms with van der Waals surface area (Å²) in [5.41, 5.74) is 2.47. The van der Waals surface area contributed by atoms with Gasteiger partial charge in [-0.1, -0.05) is 11.8 Å². The van der Waals surface area contributed by atoms with Crippen molar-refractivity contribution in [3.63, 3.8) is 0 Å². The zero-order chi connectivity index (χ0) is 23.6. The molecule has 168 valence electrons. The number of nitriles is 1. The number of anilines is 1. The third-order valence-corrected chi connectivity index (χ3v) is 5.85. The van der Waals surface area contributed by atoms with E-state index in [9.17, 15) is 23.2 Å². The Morgan fingerprint density at radius 1 is 1.25 bits per heavy atom. The SMILES string of the molecule is COc1ccc(-n2c(C)c(C)c(C#N)c2NC(=O)CSc2nnc(C(F)(F)F)n2C)cc1. The van der Waals surface area contributed by atoms with Crippen LogP contribution >= 0.6 is 11.8 Å². The van der Waals surface area contributed by atoms with Crippen LogP contribution in [0.4, 0.5) is 19.0 Å². The molecule has 0 unspecified atom stereocenters. The number of carbonyl (C=O) groups is 1. The van der Waals surface area contributed by atoms with Gasteiger partial charge in [-0.25, -0.2) is 0 Å². The van der Waals surface area contributed by atoms with Crippen molar-refractivity contribution in [1.82, 2.24) is 19.3 Å². The number of thioether (sulfide) groups is 1. The van der Waals surface area contributed by atoms with Crippen molar-refractivity contribution in [3.8, 4) is 17.5 Å². The number of carbonyl (C=O) groups excluding carboxylic acids is 1. The molecule has 0 bridgehead atoms. The second kappa shape index (κ2) is 8.96. The molecule has 0 atom stereocenters. The van der Waals surface area contributed by atoms with Crippen LogP contribution in [-0.4, -0.2) is 38.1 Å². The lowest BCUT2D eigenvalue weighted by molar-refractivity contribution is -0.147. The Kier molecular flexibility index (Phi) is 6.50. The molecule has 8 nitrogen and oxygen atoms in total. The molecule has 3 rings (SSSR count). The van der Waals surface area contributed by atoms with Crippen molar-refractivity contribution in [1.29, 1.82) is 5.26 Å². The summed E-state index contributed by atoms with van der Waals surface area (Å²) in [6, 6.07) is 9.19. The third-order valence-electron chi connectivity index (χ3n) is 4.83. The lowest BCUT2D eigenvalue weighted by Gasteiger charge is -2.13. The summed E-state index contributed by atoms with van der Waals surface area (Å²) in [7, 11) is 2.73. The smallest absolute Gasteiger partial charge is 0.451 e. The van der Waals surface area contributed by atoms with Crippen molar-refractivity contribution in [2.45, 2.75) is 25.2 Å². The van der Waals surface area contributed by atoms with Gasteiger partial charge in [0.05, 0.1) is 18.4 Å². The van der Waals surface area contributed by atoms with E-state index in [-0.39, 0.29) is 16.7 Å². The molecule has 2 aromatic heterocycles. The fourth-order valence-electron chi connectivity index (χ4n) is 3.10. The monoisotopic (exact) mass is 464 g/mol. The van der Waals surface area contributed by atoms with E-state index in [1.165, 1.54) is 7.05 Å². The van der Waals surface area contributed by atoms with Crippen LogP contribution < -0.4 is 10.1 Å². The average Bonchev–Trinajstić information content (AvgIpc) is 3.23. The first-order chi connectivity index (χ1) is 15.1. The standard InChI is InChI=1S/C20H19F3N6O2S/c1-11-12(2)29(13-5-7-14(31-4)8-6-13)17(15(11)9-24)25-16(30)10-32-19-27-26-18(28(19)3)20(21,22)23/h5-8H,10H2,1-4H3,(H,25,30). The van der Waals surface area contributed by atoms with E-state index < -0.39 is 17.9 Å². The number of hydrogen-bond donors (Lipinski definition) is 1. The molecule has 0 fully saturated rings. The highest BCUT2D eigenvalue weighted by molar-refractivity contribution is 7.99. The predicted octanol–water partition coefficient (Wildman–Crippen LogP) is 3.85. The maximum absolute atomic E-state index is 12.9. The molecule has 1 N–H and O–H groups in total. The molecule has 2 heterocycles. The van der Waals surface area contributed by atoms with Crippen molar-refractivity contribution >= 4 is 23.5 Å². The predicted molar refractivity (Wildman–Crippen MR) is 112 cm³/mol. The highest BCUT2D eigenvalue weighted by Gasteiger charge is 2.37. The van der Waals surface area contributed by atoms with E-state index in [0.29, 0.717) is 22.6 Å². The molecular weight excluding hydrogens is 445 g/mol. The molecule has 3 aromatic rings. The Morgan fingerprint density at radius 2 is 1.91 bits per heavy atom. The van der Waals surface area contributed by atoms with Crippen molar-refractivity contribution in [2.75, 3.05) is 18.2 Å². The molecule has 0 aliphatic heterocycles. The van der Waals surface area contributed by atoms with Gasteiger partial charge < -0.3 is 14.6 Å². The molecule has 0 aliphatic rings. The van der Waals surface area contributed by atoms with Crippen molar-refractivity contribution in [3.05, 3.63) is 46.9 Å². The molecule has 0 aliphatic carbocycles. The van der Waals surface area contributed by atoms with Crippen LogP contribution in [0.1, 0.15) is 22.6 Å². The summed E-state index contributed by atoms with van der Waals surface area (Å²) < 4.78 is 46.3. The molecule has 12 heteroatoms. The zero-order valence-electron chi connectivity index (χ0n) is 17.6. The first-order valence-corrected chi connectivity index (χ1v) is 10.2. The number of amides is 1. The number of hydrogen-bond acceptors (Lipinski definition) is 6. The van der Waals surface area contributed by atoms with Crippen molar-refractivity contribution in [2.24, 2.45) is 7.05 Å². The number of aromatic nitrogens is 4. The second-order valence-corrected chi connectivity index (χ2v) is 7.72. The number of benzene rings is 1. The second-order valence-electron chi connectivity index (χ2n) is 6.78. The van der Waals surface area contributed by atoms with E-state index in [1.807, 2.05) is 6.92 Å². The lowest BCUT2D eigenvalue weighted by atomic mass is 10.2. The summed E-state index contributed by atoms with van der Waals surface area (Å²) in [5, 5.41) is 18.9. The first kappa shape index (κ1) is 23.2. The number of alkyl halides is 3. The minimum atomic E-state index is -4.64. The average molecular weight is 464 g/mol. The molecule has 1 amide bonds. The van der Waals surface area contributed by atoms with Gasteiger partial charge in [0.2, 0.25) is 11.7 Å². The van der Waals surface area contributed by atoms with Gasteiger partial charge in [0.1, 0.15) is 17.6 Å². The van der Waals surface area contributed by atoms with Gasteiger partial charge >= 0.3 is 6.18 Å². The fraction of sp³-hybridized carbons (Fsp3) is 0.300. The van der Waals surface area contributed by atoms with E-state index in [0.717, 1.165) is 22.0 Å². The molecular formula is C20H19F3N6O2S. The number of methoxy groups -OCH3 is 1. The number of halogens is 3. The number of nitrogens with zero attached hydrogens (tertiary/aromatic N) is 5. The maximum atomic E-state index is 12.9. The zero-order valence-corrected chi connectivity index (χ0v) is 18.4. The third kappa shape index (κ3) is 4.43. The summed E-state index contributed by atoms with van der Waals surface area (Å²) in [6.07, 6.45) is -4.64. The maximum Gasteiger partial charge on any atom is 0.451 e. The van der Waals surface area contributed by atoms with Crippen LogP contribution in [0.2, 0.25) is 0 Å². The largest absolute Gasteiger partial charge is 0.497 e. The molecule has 0 saturated heterocycles. The Morgan fingerprint density at radius 3 is 2.44 bits per heavy atom. The van der Waals surface area contributed by atoms with Gasteiger partial charge in [0.25, 0.3) is 0 Å². The van der Waals surface area contributed by atoms with E-state index in [2.05, 4.69) is 21.6 Å². The van der Waals surface area contributed by atoms with Gasteiger partial charge in [-0.2, -0.15) is 18.4 Å². The van der Waals surface area contributed by atoms with E-state index in [4.69, 9.17) is 4.74 Å². The van der Waals surface area contributed by atoms with Crippen LogP contribution in [0.3, 0.4) is 0 Å². The van der Waals surface area contributed by atoms with Crippen LogP contribution in [-0.2, 0) is 18.0 Å². The highest BCUT2D eigenvalue weighted by atomic mass is 32.2. The molecule has 32 heavy (non-hydrogen) atoms. The lowest BCUT2D eigenvalue weighted by Crippen LogP contribution is -2.18. The topological polar surface area (TPSA) is 97.8 Å². The Balaban J connectivity index is 1.85. The van der Waals surface area contributed by atoms with Crippen LogP contribution in [0, 0.1) is 25.2 Å². The van der Waals surface area contributed by atoms with E-state index >= 15 is 0 Å². The Labute approximate surface area is 186 Å². The van der Waals surface area contributed by atoms with E-state index in [1.54, 1.807) is 42.9 Å². The summed E-state index contributed by atoms with van der Waals surface area (Å²) in [5.74, 6) is -0.936. The quantitative estimate of drug-likeness (QED) is 0.557. The summed E-state index contributed by atoms with van der Waals surface area (Å²) >= 11 is 0.811. The minimum absolute atomic E-state index is 0.0501. The van der Waals surface area contributed by atoms with Crippen LogP contribution in [0.25, 0.3) is 5.69 Å². The van der Waals surface area contributed by atoms with Crippen LogP contribution in [0.5, 0.6) is 5.75 Å². The number of rotatable bonds is 6. The van der Waals surface area contributed by atoms with Crippen molar-refractivity contribution < 1.29 is 22.7 Å². The highest BCUT2D eigenvalue weighted by Crippen LogP contribution is 2.32. The van der Waals surface area contributed by atoms with Crippen LogP contribution in [0.15, 0.2) is 29.4 Å². The normalized spacial score (nSPS) is 11.3. The molecule has 1 aromatic carbocycles. The Hall–Kier alpha value is -3.46. The molecule has 0 radical (unpaired) electrons. The number of nitrogens with one attached hydrogen (secondary N) is 1. The van der Waals surface area contributed by atoms with Gasteiger partial charge in [0.15, 0.2) is 5.16 Å². The number of ether oxygens (including phenoxy) is 1. The molecule has 0 spiro atoms. The molecule has 0 saturated carbocycles. The first-order valence-electron chi connectivity index (χ1n) is 9.24. The Bertz CT molecular complexity index is 1190. The minimum Gasteiger partial charge on any atom is -0.497 e. The fourth-order valence-corrected chi connectivity index (χ4v) is 3.81.